The highest BCUT2D eigenvalue weighted by atomic mass is 19.1. The van der Waals surface area contributed by atoms with Crippen molar-refractivity contribution in [2.75, 3.05) is 24.3 Å². The zero-order valence-electron chi connectivity index (χ0n) is 10.6. The molecule has 0 unspecified atom stereocenters. The number of hydrogen-bond donors (Lipinski definition) is 1. The number of carbonyl (C=O) groups is 1. The third-order valence-electron chi connectivity index (χ3n) is 2.46. The third-order valence-corrected chi connectivity index (χ3v) is 2.46. The number of aromatic nitrogens is 2. The molecule has 2 rings (SSSR count). The second-order valence-electron chi connectivity index (χ2n) is 4.06. The van der Waals surface area contributed by atoms with Crippen LogP contribution in [0.1, 0.15) is 10.4 Å². The minimum atomic E-state index is -0.796. The van der Waals surface area contributed by atoms with Gasteiger partial charge in [0.2, 0.25) is 5.95 Å². The molecule has 19 heavy (non-hydrogen) atoms. The Kier molecular flexibility index (Phi) is 3.70. The van der Waals surface area contributed by atoms with Crippen molar-refractivity contribution in [3.8, 4) is 0 Å². The van der Waals surface area contributed by atoms with Crippen molar-refractivity contribution in [1.82, 2.24) is 9.97 Å². The predicted molar refractivity (Wildman–Crippen MR) is 70.7 cm³/mol. The average Bonchev–Trinajstić information content (AvgIpc) is 2.39. The van der Waals surface area contributed by atoms with E-state index in [0.29, 0.717) is 11.5 Å². The van der Waals surface area contributed by atoms with Crippen molar-refractivity contribution in [3.63, 3.8) is 0 Å². The molecule has 1 amide bonds. The van der Waals surface area contributed by atoms with Crippen LogP contribution in [0.3, 0.4) is 0 Å². The normalized spacial score (nSPS) is 10.1. The number of halogens is 1. The maximum atomic E-state index is 13.4. The van der Waals surface area contributed by atoms with E-state index in [1.165, 1.54) is 18.3 Å². The van der Waals surface area contributed by atoms with E-state index < -0.39 is 11.9 Å². The fraction of sp³-hybridized carbons (Fsp3) is 0.154. The van der Waals surface area contributed by atoms with Gasteiger partial charge in [0.05, 0.1) is 11.3 Å². The number of nitrogens with zero attached hydrogens (tertiary/aromatic N) is 3. The first-order chi connectivity index (χ1) is 9.09. The Hall–Kier alpha value is -2.50. The van der Waals surface area contributed by atoms with Gasteiger partial charge in [0, 0.05) is 26.5 Å². The van der Waals surface area contributed by atoms with Crippen LogP contribution in [0, 0.1) is 5.95 Å². The topological polar surface area (TPSA) is 58.1 Å². The molecule has 0 atom stereocenters. The monoisotopic (exact) mass is 260 g/mol. The van der Waals surface area contributed by atoms with Crippen molar-refractivity contribution >= 4 is 17.4 Å². The van der Waals surface area contributed by atoms with Gasteiger partial charge in [0.1, 0.15) is 0 Å². The van der Waals surface area contributed by atoms with E-state index in [1.54, 1.807) is 23.2 Å². The first-order valence-corrected chi connectivity index (χ1v) is 5.64. The van der Waals surface area contributed by atoms with Gasteiger partial charge in [-0.3, -0.25) is 4.79 Å². The molecule has 0 fully saturated rings. The molecule has 0 aliphatic heterocycles. The Balaban J connectivity index is 2.27. The maximum absolute atomic E-state index is 13.4. The minimum absolute atomic E-state index is 0.101. The fourth-order valence-corrected chi connectivity index (χ4v) is 1.60. The van der Waals surface area contributed by atoms with Crippen LogP contribution in [0.2, 0.25) is 0 Å². The summed E-state index contributed by atoms with van der Waals surface area (Å²) >= 11 is 0. The van der Waals surface area contributed by atoms with Gasteiger partial charge in [-0.15, -0.1) is 0 Å². The number of amides is 1. The van der Waals surface area contributed by atoms with Crippen LogP contribution in [0.25, 0.3) is 0 Å². The average molecular weight is 260 g/mol. The Morgan fingerprint density at radius 1 is 1.21 bits per heavy atom. The van der Waals surface area contributed by atoms with Crippen LogP contribution in [-0.4, -0.2) is 30.0 Å². The summed E-state index contributed by atoms with van der Waals surface area (Å²) in [6.07, 6.45) is 2.91. The first kappa shape index (κ1) is 12.9. The van der Waals surface area contributed by atoms with Crippen LogP contribution >= 0.6 is 0 Å². The lowest BCUT2D eigenvalue weighted by Crippen LogP contribution is -2.18. The van der Waals surface area contributed by atoms with Crippen LogP contribution < -0.4 is 10.2 Å². The summed E-state index contributed by atoms with van der Waals surface area (Å²) in [4.78, 5) is 21.3. The Morgan fingerprint density at radius 2 is 1.89 bits per heavy atom. The zero-order chi connectivity index (χ0) is 13.8. The van der Waals surface area contributed by atoms with Crippen molar-refractivity contribution < 1.29 is 9.18 Å². The molecule has 0 radical (unpaired) electrons. The van der Waals surface area contributed by atoms with E-state index >= 15 is 0 Å². The van der Waals surface area contributed by atoms with Crippen LogP contribution in [0.4, 0.5) is 15.9 Å². The Morgan fingerprint density at radius 3 is 2.58 bits per heavy atom. The SMILES string of the molecule is CN(C)c1ncccc1NC(=O)c1cccnc1F. The molecule has 2 aromatic rings. The second kappa shape index (κ2) is 5.43. The number of nitrogens with one attached hydrogen (secondary N) is 1. The number of anilines is 2. The van der Waals surface area contributed by atoms with Gasteiger partial charge in [0.15, 0.2) is 5.82 Å². The standard InChI is InChI=1S/C13H13FN4O/c1-18(2)12-10(6-4-8-16-12)17-13(19)9-5-3-7-15-11(9)14/h3-8H,1-2H3,(H,17,19). The molecule has 6 heteroatoms. The molecule has 5 nitrogen and oxygen atoms in total. The number of rotatable bonds is 3. The van der Waals surface area contributed by atoms with E-state index in [4.69, 9.17) is 0 Å². The molecular weight excluding hydrogens is 247 g/mol. The summed E-state index contributed by atoms with van der Waals surface area (Å²) in [7, 11) is 3.62. The van der Waals surface area contributed by atoms with Gasteiger partial charge < -0.3 is 10.2 Å². The van der Waals surface area contributed by atoms with Crippen LogP contribution in [-0.2, 0) is 0 Å². The summed E-state index contributed by atoms with van der Waals surface area (Å²) in [6.45, 7) is 0. The van der Waals surface area contributed by atoms with Crippen LogP contribution in [0.5, 0.6) is 0 Å². The smallest absolute Gasteiger partial charge is 0.260 e. The lowest BCUT2D eigenvalue weighted by Gasteiger charge is -2.16. The molecule has 1 N–H and O–H groups in total. The lowest BCUT2D eigenvalue weighted by molar-refractivity contribution is 0.102. The van der Waals surface area contributed by atoms with Crippen molar-refractivity contribution in [2.24, 2.45) is 0 Å². The molecule has 0 saturated heterocycles. The van der Waals surface area contributed by atoms with E-state index in [1.807, 2.05) is 14.1 Å². The highest BCUT2D eigenvalue weighted by Crippen LogP contribution is 2.21. The molecule has 98 valence electrons. The van der Waals surface area contributed by atoms with Crippen molar-refractivity contribution in [3.05, 3.63) is 48.2 Å². The minimum Gasteiger partial charge on any atom is -0.361 e. The molecule has 0 aromatic carbocycles. The molecule has 0 spiro atoms. The molecular formula is C13H13FN4O. The summed E-state index contributed by atoms with van der Waals surface area (Å²) < 4.78 is 13.4. The second-order valence-corrected chi connectivity index (χ2v) is 4.06. The van der Waals surface area contributed by atoms with Crippen molar-refractivity contribution in [1.29, 1.82) is 0 Å². The summed E-state index contributed by atoms with van der Waals surface area (Å²) in [6, 6.07) is 6.29. The van der Waals surface area contributed by atoms with Gasteiger partial charge >= 0.3 is 0 Å². The van der Waals surface area contributed by atoms with E-state index in [0.717, 1.165) is 0 Å². The highest BCUT2D eigenvalue weighted by Gasteiger charge is 2.14. The largest absolute Gasteiger partial charge is 0.361 e. The predicted octanol–water partition coefficient (Wildman–Crippen LogP) is 1.93. The molecule has 2 heterocycles. The van der Waals surface area contributed by atoms with E-state index in [9.17, 15) is 9.18 Å². The summed E-state index contributed by atoms with van der Waals surface area (Å²) in [5.74, 6) is -0.753. The molecule has 0 saturated carbocycles. The maximum Gasteiger partial charge on any atom is 0.260 e. The number of hydrogen-bond acceptors (Lipinski definition) is 4. The van der Waals surface area contributed by atoms with Crippen molar-refractivity contribution in [2.45, 2.75) is 0 Å². The van der Waals surface area contributed by atoms with Gasteiger partial charge in [-0.2, -0.15) is 4.39 Å². The molecule has 0 bridgehead atoms. The molecule has 0 aliphatic carbocycles. The highest BCUT2D eigenvalue weighted by molar-refractivity contribution is 6.05. The Bertz CT molecular complexity index is 601. The quantitative estimate of drug-likeness (QED) is 0.857. The van der Waals surface area contributed by atoms with Crippen LogP contribution in [0.15, 0.2) is 36.7 Å². The first-order valence-electron chi connectivity index (χ1n) is 5.64. The lowest BCUT2D eigenvalue weighted by atomic mass is 10.2. The third kappa shape index (κ3) is 2.85. The van der Waals surface area contributed by atoms with E-state index in [2.05, 4.69) is 15.3 Å². The van der Waals surface area contributed by atoms with Gasteiger partial charge in [-0.25, -0.2) is 9.97 Å². The fourth-order valence-electron chi connectivity index (χ4n) is 1.60. The number of carbonyl (C=O) groups excluding carboxylic acids is 1. The molecule has 0 aliphatic rings. The van der Waals surface area contributed by atoms with Gasteiger partial charge in [-0.1, -0.05) is 0 Å². The van der Waals surface area contributed by atoms with E-state index in [-0.39, 0.29) is 5.56 Å². The number of pyridine rings is 2. The molecule has 2 aromatic heterocycles. The zero-order valence-corrected chi connectivity index (χ0v) is 10.6. The summed E-state index contributed by atoms with van der Waals surface area (Å²) in [5.41, 5.74) is 0.414. The summed E-state index contributed by atoms with van der Waals surface area (Å²) in [5, 5.41) is 2.63. The Labute approximate surface area is 110 Å². The van der Waals surface area contributed by atoms with Gasteiger partial charge in [-0.05, 0) is 24.3 Å². The van der Waals surface area contributed by atoms with Gasteiger partial charge in [0.25, 0.3) is 5.91 Å².